The summed E-state index contributed by atoms with van der Waals surface area (Å²) in [6.07, 6.45) is 0.600. The predicted octanol–water partition coefficient (Wildman–Crippen LogP) is 3.16. The van der Waals surface area contributed by atoms with Gasteiger partial charge in [0.2, 0.25) is 5.91 Å². The van der Waals surface area contributed by atoms with Gasteiger partial charge < -0.3 is 4.74 Å². The Labute approximate surface area is 157 Å². The van der Waals surface area contributed by atoms with Gasteiger partial charge in [0.15, 0.2) is 0 Å². The first-order valence-electron chi connectivity index (χ1n) is 8.39. The summed E-state index contributed by atoms with van der Waals surface area (Å²) in [5.41, 5.74) is 1.57. The average molecular weight is 370 g/mol. The zero-order chi connectivity index (χ0) is 18.9. The highest BCUT2D eigenvalue weighted by atomic mass is 32.2. The Hall–Kier alpha value is -2.31. The molecule has 0 aliphatic carbocycles. The fourth-order valence-corrected chi connectivity index (χ4v) is 3.53. The molecule has 0 radical (unpaired) electrons. The minimum absolute atomic E-state index is 0.172. The van der Waals surface area contributed by atoms with Gasteiger partial charge in [0.05, 0.1) is 12.5 Å². The van der Waals surface area contributed by atoms with Gasteiger partial charge in [-0.2, -0.15) is 0 Å². The summed E-state index contributed by atoms with van der Waals surface area (Å²) in [7, 11) is 1.56. The monoisotopic (exact) mass is 370 g/mol. The number of hydrogen-bond acceptors (Lipinski definition) is 5. The topological polar surface area (TPSA) is 72.6 Å². The lowest BCUT2D eigenvalue weighted by Crippen LogP contribution is -2.52. The number of hydrogen-bond donors (Lipinski definition) is 1. The Morgan fingerprint density at radius 2 is 1.81 bits per heavy atom. The number of amides is 2. The summed E-state index contributed by atoms with van der Waals surface area (Å²) in [5, 5.41) is 5.53. The highest BCUT2D eigenvalue weighted by Crippen LogP contribution is 2.36. The number of nitrogens with two attached hydrogens (primary N) is 1. The quantitative estimate of drug-likeness (QED) is 0.646. The number of imide groups is 1. The molecular weight excluding hydrogens is 348 g/mol. The molecular formula is C20H22N2O3S. The van der Waals surface area contributed by atoms with Crippen LogP contribution in [0.4, 0.5) is 0 Å². The molecule has 5 nitrogen and oxygen atoms in total. The van der Waals surface area contributed by atoms with Gasteiger partial charge in [-0.1, -0.05) is 18.2 Å². The van der Waals surface area contributed by atoms with Gasteiger partial charge in [0.25, 0.3) is 5.91 Å². The van der Waals surface area contributed by atoms with Crippen molar-refractivity contribution in [2.75, 3.05) is 13.7 Å². The van der Waals surface area contributed by atoms with Gasteiger partial charge in [-0.25, -0.2) is 0 Å². The lowest BCUT2D eigenvalue weighted by molar-refractivity contribution is -0.134. The van der Waals surface area contributed by atoms with Crippen LogP contribution >= 0.6 is 11.9 Å². The fraction of sp³-hybridized carbons (Fsp3) is 0.300. The van der Waals surface area contributed by atoms with Crippen molar-refractivity contribution >= 4 is 23.8 Å². The molecule has 3 rings (SSSR count). The maximum absolute atomic E-state index is 13.0. The summed E-state index contributed by atoms with van der Waals surface area (Å²) in [6.45, 7) is 4.05. The summed E-state index contributed by atoms with van der Waals surface area (Å²) in [5.74, 6) is 0.170. The minimum atomic E-state index is -0.754. The summed E-state index contributed by atoms with van der Waals surface area (Å²) < 4.78 is 5.24. The second kappa shape index (κ2) is 7.13. The smallest absolute Gasteiger partial charge is 0.260 e. The molecule has 0 bridgehead atoms. The highest BCUT2D eigenvalue weighted by Gasteiger charge is 2.44. The standard InChI is InChI=1S/C20H22N2O3S/c1-20(2)17-9-6-14(25-3)12-16(17)18(23)22(19(20)24)11-10-13-4-7-15(26-21)8-5-13/h4-9,12H,10-11,21H2,1-3H3. The molecule has 26 heavy (non-hydrogen) atoms. The van der Waals surface area contributed by atoms with Crippen molar-refractivity contribution in [1.29, 1.82) is 0 Å². The molecule has 2 aromatic rings. The molecule has 1 aliphatic heterocycles. The molecule has 2 N–H and O–H groups in total. The summed E-state index contributed by atoms with van der Waals surface area (Å²) in [4.78, 5) is 28.2. The van der Waals surface area contributed by atoms with E-state index in [0.717, 1.165) is 16.0 Å². The zero-order valence-corrected chi connectivity index (χ0v) is 15.9. The number of carbonyl (C=O) groups excluding carboxylic acids is 2. The Morgan fingerprint density at radius 1 is 1.12 bits per heavy atom. The Balaban J connectivity index is 1.87. The Kier molecular flexibility index (Phi) is 5.07. The summed E-state index contributed by atoms with van der Waals surface area (Å²) >= 11 is 1.19. The van der Waals surface area contributed by atoms with Crippen molar-refractivity contribution in [3.05, 3.63) is 59.2 Å². The Morgan fingerprint density at radius 3 is 2.42 bits per heavy atom. The third-order valence-electron chi connectivity index (χ3n) is 4.84. The number of ether oxygens (including phenoxy) is 1. The van der Waals surface area contributed by atoms with Crippen LogP contribution in [0.2, 0.25) is 0 Å². The Bertz CT molecular complexity index is 847. The second-order valence-electron chi connectivity index (χ2n) is 6.81. The van der Waals surface area contributed by atoms with Crippen LogP contribution in [0.5, 0.6) is 5.75 Å². The van der Waals surface area contributed by atoms with E-state index in [9.17, 15) is 9.59 Å². The van der Waals surface area contributed by atoms with E-state index in [2.05, 4.69) is 0 Å². The van der Waals surface area contributed by atoms with E-state index in [0.29, 0.717) is 24.3 Å². The van der Waals surface area contributed by atoms with E-state index >= 15 is 0 Å². The van der Waals surface area contributed by atoms with E-state index in [-0.39, 0.29) is 11.8 Å². The first kappa shape index (κ1) is 18.5. The van der Waals surface area contributed by atoms with Gasteiger partial charge in [-0.15, -0.1) is 0 Å². The van der Waals surface area contributed by atoms with Gasteiger partial charge >= 0.3 is 0 Å². The summed E-state index contributed by atoms with van der Waals surface area (Å²) in [6, 6.07) is 13.1. The van der Waals surface area contributed by atoms with Crippen LogP contribution in [-0.2, 0) is 16.6 Å². The van der Waals surface area contributed by atoms with Crippen LogP contribution in [0, 0.1) is 0 Å². The molecule has 0 saturated heterocycles. The van der Waals surface area contributed by atoms with E-state index in [4.69, 9.17) is 9.88 Å². The van der Waals surface area contributed by atoms with Crippen molar-refractivity contribution in [3.8, 4) is 5.75 Å². The van der Waals surface area contributed by atoms with Gasteiger partial charge in [-0.05, 0) is 67.6 Å². The lowest BCUT2D eigenvalue weighted by atomic mass is 9.77. The van der Waals surface area contributed by atoms with Crippen molar-refractivity contribution < 1.29 is 14.3 Å². The van der Waals surface area contributed by atoms with Crippen LogP contribution in [-0.4, -0.2) is 30.4 Å². The fourth-order valence-electron chi connectivity index (χ4n) is 3.24. The molecule has 1 heterocycles. The van der Waals surface area contributed by atoms with Crippen molar-refractivity contribution in [1.82, 2.24) is 4.90 Å². The molecule has 2 amide bonds. The molecule has 1 aliphatic rings. The SMILES string of the molecule is COc1ccc2c(c1)C(=O)N(CCc1ccc(SN)cc1)C(=O)C2(C)C. The van der Waals surface area contributed by atoms with Crippen LogP contribution in [0.15, 0.2) is 47.4 Å². The second-order valence-corrected chi connectivity index (χ2v) is 7.52. The number of carbonyl (C=O) groups is 2. The van der Waals surface area contributed by atoms with Crippen LogP contribution in [0.3, 0.4) is 0 Å². The molecule has 0 unspecified atom stereocenters. The first-order valence-corrected chi connectivity index (χ1v) is 9.27. The van der Waals surface area contributed by atoms with Crippen LogP contribution < -0.4 is 9.88 Å². The maximum Gasteiger partial charge on any atom is 0.260 e. The molecule has 136 valence electrons. The highest BCUT2D eigenvalue weighted by molar-refractivity contribution is 7.97. The van der Waals surface area contributed by atoms with E-state index in [1.165, 1.54) is 16.8 Å². The number of fused-ring (bicyclic) bond motifs is 1. The van der Waals surface area contributed by atoms with Crippen molar-refractivity contribution in [3.63, 3.8) is 0 Å². The predicted molar refractivity (Wildman–Crippen MR) is 102 cm³/mol. The van der Waals surface area contributed by atoms with Gasteiger partial charge in [-0.3, -0.25) is 19.6 Å². The molecule has 0 aromatic heterocycles. The zero-order valence-electron chi connectivity index (χ0n) is 15.1. The molecule has 0 saturated carbocycles. The number of rotatable bonds is 5. The van der Waals surface area contributed by atoms with E-state index in [1.54, 1.807) is 19.2 Å². The molecule has 2 aromatic carbocycles. The molecule has 0 spiro atoms. The molecule has 6 heteroatoms. The van der Waals surface area contributed by atoms with Gasteiger partial charge in [0.1, 0.15) is 5.75 Å². The maximum atomic E-state index is 13.0. The van der Waals surface area contributed by atoms with E-state index < -0.39 is 5.41 Å². The van der Waals surface area contributed by atoms with Crippen molar-refractivity contribution in [2.24, 2.45) is 5.14 Å². The normalized spacial score (nSPS) is 15.8. The number of methoxy groups -OCH3 is 1. The third kappa shape index (κ3) is 3.22. The number of nitrogens with zero attached hydrogens (tertiary/aromatic N) is 1. The minimum Gasteiger partial charge on any atom is -0.497 e. The van der Waals surface area contributed by atoms with Crippen LogP contribution in [0.1, 0.15) is 35.3 Å². The lowest BCUT2D eigenvalue weighted by Gasteiger charge is -2.37. The first-order chi connectivity index (χ1) is 12.4. The largest absolute Gasteiger partial charge is 0.497 e. The van der Waals surface area contributed by atoms with Gasteiger partial charge in [0, 0.05) is 17.0 Å². The molecule has 0 fully saturated rings. The molecule has 0 atom stereocenters. The van der Waals surface area contributed by atoms with Crippen molar-refractivity contribution in [2.45, 2.75) is 30.6 Å². The number of benzene rings is 2. The van der Waals surface area contributed by atoms with E-state index in [1.807, 2.05) is 44.2 Å². The van der Waals surface area contributed by atoms with Crippen LogP contribution in [0.25, 0.3) is 0 Å². The third-order valence-corrected chi connectivity index (χ3v) is 5.38. The average Bonchev–Trinajstić information content (AvgIpc) is 2.66.